The van der Waals surface area contributed by atoms with E-state index >= 15 is 0 Å². The van der Waals surface area contributed by atoms with Gasteiger partial charge in [0.05, 0.1) is 22.8 Å². The Hall–Kier alpha value is -1.95. The molecule has 0 spiro atoms. The number of nitrogens with one attached hydrogen (secondary N) is 2. The van der Waals surface area contributed by atoms with Gasteiger partial charge < -0.3 is 11.1 Å². The maximum absolute atomic E-state index is 12.0. The van der Waals surface area contributed by atoms with Crippen LogP contribution in [-0.4, -0.2) is 21.9 Å². The first-order valence-corrected chi connectivity index (χ1v) is 7.26. The number of H-pyrrole nitrogens is 1. The van der Waals surface area contributed by atoms with Crippen molar-refractivity contribution in [2.24, 2.45) is 0 Å². The SMILES string of the molecule is Cc1ccc(SCC(=O)Nc2c(C)n[nH]c2C)c(N)c1. The van der Waals surface area contributed by atoms with E-state index in [9.17, 15) is 4.79 Å². The number of hydrogen-bond donors (Lipinski definition) is 3. The van der Waals surface area contributed by atoms with Crippen LogP contribution in [0.1, 0.15) is 17.0 Å². The van der Waals surface area contributed by atoms with Crippen molar-refractivity contribution in [1.29, 1.82) is 0 Å². The monoisotopic (exact) mass is 290 g/mol. The summed E-state index contributed by atoms with van der Waals surface area (Å²) >= 11 is 1.43. The summed E-state index contributed by atoms with van der Waals surface area (Å²) in [5, 5.41) is 9.75. The third kappa shape index (κ3) is 3.33. The molecular formula is C14H18N4OS. The fraction of sp³-hybridized carbons (Fsp3) is 0.286. The number of nitrogen functional groups attached to an aromatic ring is 1. The quantitative estimate of drug-likeness (QED) is 0.597. The minimum Gasteiger partial charge on any atom is -0.398 e. The van der Waals surface area contributed by atoms with Gasteiger partial charge in [0.1, 0.15) is 0 Å². The number of aromatic nitrogens is 2. The summed E-state index contributed by atoms with van der Waals surface area (Å²) in [4.78, 5) is 12.9. The Bertz CT molecular complexity index is 617. The molecule has 0 aliphatic carbocycles. The van der Waals surface area contributed by atoms with Crippen molar-refractivity contribution >= 4 is 29.0 Å². The molecule has 2 rings (SSSR count). The van der Waals surface area contributed by atoms with Crippen LogP contribution in [0.15, 0.2) is 23.1 Å². The normalized spacial score (nSPS) is 10.6. The van der Waals surface area contributed by atoms with Gasteiger partial charge in [-0.15, -0.1) is 11.8 Å². The van der Waals surface area contributed by atoms with E-state index in [0.717, 1.165) is 27.5 Å². The van der Waals surface area contributed by atoms with Crippen molar-refractivity contribution in [2.45, 2.75) is 25.7 Å². The molecule has 106 valence electrons. The highest BCUT2D eigenvalue weighted by molar-refractivity contribution is 8.00. The molecule has 5 nitrogen and oxygen atoms in total. The number of carbonyl (C=O) groups is 1. The molecule has 0 saturated heterocycles. The van der Waals surface area contributed by atoms with Crippen molar-refractivity contribution in [3.05, 3.63) is 35.2 Å². The highest BCUT2D eigenvalue weighted by Gasteiger charge is 2.11. The zero-order chi connectivity index (χ0) is 14.7. The molecule has 0 aliphatic heterocycles. The Kier molecular flexibility index (Phi) is 4.34. The molecule has 2 aromatic rings. The molecule has 6 heteroatoms. The van der Waals surface area contributed by atoms with E-state index in [-0.39, 0.29) is 5.91 Å². The van der Waals surface area contributed by atoms with Crippen molar-refractivity contribution < 1.29 is 4.79 Å². The van der Waals surface area contributed by atoms with Crippen LogP contribution in [-0.2, 0) is 4.79 Å². The van der Waals surface area contributed by atoms with Crippen LogP contribution < -0.4 is 11.1 Å². The third-order valence-electron chi connectivity index (χ3n) is 2.92. The molecule has 20 heavy (non-hydrogen) atoms. The number of nitrogens with zero attached hydrogens (tertiary/aromatic N) is 1. The summed E-state index contributed by atoms with van der Waals surface area (Å²) in [5.74, 6) is 0.250. The second kappa shape index (κ2) is 6.00. The number of anilines is 2. The van der Waals surface area contributed by atoms with E-state index in [1.807, 2.05) is 39.0 Å². The van der Waals surface area contributed by atoms with E-state index in [2.05, 4.69) is 15.5 Å². The van der Waals surface area contributed by atoms with Crippen molar-refractivity contribution in [2.75, 3.05) is 16.8 Å². The van der Waals surface area contributed by atoms with E-state index in [1.54, 1.807) is 0 Å². The summed E-state index contributed by atoms with van der Waals surface area (Å²) in [7, 11) is 0. The minimum atomic E-state index is -0.0671. The van der Waals surface area contributed by atoms with Gasteiger partial charge in [0.25, 0.3) is 0 Å². The predicted molar refractivity (Wildman–Crippen MR) is 83.0 cm³/mol. The Morgan fingerprint density at radius 3 is 2.75 bits per heavy atom. The molecule has 0 unspecified atom stereocenters. The fourth-order valence-corrected chi connectivity index (χ4v) is 2.60. The number of thioether (sulfide) groups is 1. The van der Waals surface area contributed by atoms with Gasteiger partial charge in [0, 0.05) is 10.6 Å². The van der Waals surface area contributed by atoms with Gasteiger partial charge in [-0.25, -0.2) is 0 Å². The molecule has 0 aliphatic rings. The summed E-state index contributed by atoms with van der Waals surface area (Å²) in [6, 6.07) is 5.84. The molecule has 0 radical (unpaired) electrons. The predicted octanol–water partition coefficient (Wildman–Crippen LogP) is 2.65. The molecule has 1 aromatic carbocycles. The highest BCUT2D eigenvalue weighted by atomic mass is 32.2. The summed E-state index contributed by atoms with van der Waals surface area (Å²) in [5.41, 5.74) is 10.1. The molecule has 0 fully saturated rings. The molecular weight excluding hydrogens is 272 g/mol. The van der Waals surface area contributed by atoms with Crippen LogP contribution in [0, 0.1) is 20.8 Å². The number of hydrogen-bond acceptors (Lipinski definition) is 4. The van der Waals surface area contributed by atoms with Crippen molar-refractivity contribution in [1.82, 2.24) is 10.2 Å². The number of amides is 1. The lowest BCUT2D eigenvalue weighted by atomic mass is 10.2. The van der Waals surface area contributed by atoms with E-state index in [1.165, 1.54) is 11.8 Å². The second-order valence-electron chi connectivity index (χ2n) is 4.69. The zero-order valence-corrected chi connectivity index (χ0v) is 12.6. The van der Waals surface area contributed by atoms with Gasteiger partial charge in [0.2, 0.25) is 5.91 Å². The summed E-state index contributed by atoms with van der Waals surface area (Å²) < 4.78 is 0. The lowest BCUT2D eigenvalue weighted by Crippen LogP contribution is -2.15. The second-order valence-corrected chi connectivity index (χ2v) is 5.70. The van der Waals surface area contributed by atoms with Crippen LogP contribution in [0.4, 0.5) is 11.4 Å². The standard InChI is InChI=1S/C14H18N4OS/c1-8-4-5-12(11(15)6-8)20-7-13(19)16-14-9(2)17-18-10(14)3/h4-6H,7,15H2,1-3H3,(H,16,19)(H,17,18). The van der Waals surface area contributed by atoms with Gasteiger partial charge in [0.15, 0.2) is 0 Å². The first-order chi connectivity index (χ1) is 9.47. The van der Waals surface area contributed by atoms with E-state index < -0.39 is 0 Å². The molecule has 0 saturated carbocycles. The number of benzene rings is 1. The van der Waals surface area contributed by atoms with Crippen LogP contribution in [0.2, 0.25) is 0 Å². The van der Waals surface area contributed by atoms with Crippen molar-refractivity contribution in [3.8, 4) is 0 Å². The van der Waals surface area contributed by atoms with Crippen LogP contribution in [0.25, 0.3) is 0 Å². The number of carbonyl (C=O) groups excluding carboxylic acids is 1. The van der Waals surface area contributed by atoms with E-state index in [0.29, 0.717) is 11.4 Å². The number of aryl methyl sites for hydroxylation is 3. The Labute approximate surface area is 122 Å². The van der Waals surface area contributed by atoms with Gasteiger partial charge in [-0.2, -0.15) is 5.10 Å². The first kappa shape index (κ1) is 14.5. The lowest BCUT2D eigenvalue weighted by molar-refractivity contribution is -0.113. The average Bonchev–Trinajstić information content (AvgIpc) is 2.69. The largest absolute Gasteiger partial charge is 0.398 e. The molecule has 1 aromatic heterocycles. The van der Waals surface area contributed by atoms with E-state index in [4.69, 9.17) is 5.73 Å². The van der Waals surface area contributed by atoms with Gasteiger partial charge in [-0.3, -0.25) is 9.89 Å². The molecule has 1 heterocycles. The number of nitrogens with two attached hydrogens (primary N) is 1. The third-order valence-corrected chi connectivity index (χ3v) is 4.01. The maximum atomic E-state index is 12.0. The van der Waals surface area contributed by atoms with Crippen LogP contribution >= 0.6 is 11.8 Å². The van der Waals surface area contributed by atoms with Gasteiger partial charge in [-0.1, -0.05) is 6.07 Å². The van der Waals surface area contributed by atoms with Gasteiger partial charge in [-0.05, 0) is 38.5 Å². The summed E-state index contributed by atoms with van der Waals surface area (Å²) in [6.45, 7) is 5.72. The average molecular weight is 290 g/mol. The first-order valence-electron chi connectivity index (χ1n) is 6.27. The minimum absolute atomic E-state index is 0.0671. The van der Waals surface area contributed by atoms with Crippen molar-refractivity contribution in [3.63, 3.8) is 0 Å². The molecule has 0 bridgehead atoms. The smallest absolute Gasteiger partial charge is 0.234 e. The fourth-order valence-electron chi connectivity index (χ4n) is 1.85. The topological polar surface area (TPSA) is 83.8 Å². The molecule has 0 atom stereocenters. The van der Waals surface area contributed by atoms with Crippen LogP contribution in [0.5, 0.6) is 0 Å². The van der Waals surface area contributed by atoms with Crippen LogP contribution in [0.3, 0.4) is 0 Å². The Morgan fingerprint density at radius 1 is 1.40 bits per heavy atom. The summed E-state index contributed by atoms with van der Waals surface area (Å²) in [6.07, 6.45) is 0. The number of rotatable bonds is 4. The Balaban J connectivity index is 1.96. The zero-order valence-electron chi connectivity index (χ0n) is 11.8. The lowest BCUT2D eigenvalue weighted by Gasteiger charge is -2.07. The van der Waals surface area contributed by atoms with Gasteiger partial charge >= 0.3 is 0 Å². The number of aromatic amines is 1. The highest BCUT2D eigenvalue weighted by Crippen LogP contribution is 2.26. The maximum Gasteiger partial charge on any atom is 0.234 e. The molecule has 1 amide bonds. The Morgan fingerprint density at radius 2 is 2.15 bits per heavy atom. The molecule has 4 N–H and O–H groups in total.